The number of carbonyl (C=O) groups is 3. The second-order valence-electron chi connectivity index (χ2n) is 7.83. The molecule has 32 heavy (non-hydrogen) atoms. The van der Waals surface area contributed by atoms with Gasteiger partial charge in [-0.05, 0) is 48.6 Å². The third kappa shape index (κ3) is 10.3. The van der Waals surface area contributed by atoms with E-state index in [2.05, 4.69) is 28.6 Å². The van der Waals surface area contributed by atoms with Gasteiger partial charge in [0.15, 0.2) is 0 Å². The summed E-state index contributed by atoms with van der Waals surface area (Å²) in [6.07, 6.45) is 4.10. The Morgan fingerprint density at radius 2 is 1.75 bits per heavy atom. The van der Waals surface area contributed by atoms with E-state index in [9.17, 15) is 19.5 Å². The maximum absolute atomic E-state index is 13.1. The molecule has 1 aromatic carbocycles. The standard InChI is InChI=1S/C23H37N3O4S2/c1-4-16(2)20(24-12-8-13-31)22(28)26-19(15-17-9-6-5-7-10-17)21(27)25-18(23(29)30)11-14-32-3/h5-7,9-10,16,18-20,24,31H,4,8,11-15H2,1-3H3,(H,25,27)(H,26,28)(H,29,30)/t16?,18-,19-,20-/m0/s1. The summed E-state index contributed by atoms with van der Waals surface area (Å²) >= 11 is 5.73. The molecule has 4 N–H and O–H groups in total. The summed E-state index contributed by atoms with van der Waals surface area (Å²) in [6, 6.07) is 7.06. The number of carboxylic acid groups (broad SMARTS) is 1. The molecule has 0 aromatic heterocycles. The zero-order valence-corrected chi connectivity index (χ0v) is 20.9. The predicted molar refractivity (Wildman–Crippen MR) is 134 cm³/mol. The molecular weight excluding hydrogens is 446 g/mol. The number of thiol groups is 1. The summed E-state index contributed by atoms with van der Waals surface area (Å²) in [4.78, 5) is 37.8. The Bertz CT molecular complexity index is 706. The Balaban J connectivity index is 3.01. The van der Waals surface area contributed by atoms with E-state index < -0.39 is 30.0 Å². The van der Waals surface area contributed by atoms with Crippen molar-refractivity contribution in [3.63, 3.8) is 0 Å². The lowest BCUT2D eigenvalue weighted by Gasteiger charge is -2.27. The number of rotatable bonds is 16. The summed E-state index contributed by atoms with van der Waals surface area (Å²) in [5, 5.41) is 18.3. The van der Waals surface area contributed by atoms with Gasteiger partial charge >= 0.3 is 5.97 Å². The number of amides is 2. The van der Waals surface area contributed by atoms with Crippen molar-refractivity contribution in [2.75, 3.05) is 24.3 Å². The summed E-state index contributed by atoms with van der Waals surface area (Å²) in [5.74, 6) is -0.433. The van der Waals surface area contributed by atoms with Gasteiger partial charge in [0, 0.05) is 6.42 Å². The van der Waals surface area contributed by atoms with Crippen molar-refractivity contribution in [1.29, 1.82) is 0 Å². The third-order valence-electron chi connectivity index (χ3n) is 5.34. The summed E-state index contributed by atoms with van der Waals surface area (Å²) in [7, 11) is 0. The molecular formula is C23H37N3O4S2. The summed E-state index contributed by atoms with van der Waals surface area (Å²) < 4.78 is 0. The van der Waals surface area contributed by atoms with Crippen LogP contribution in [0.2, 0.25) is 0 Å². The van der Waals surface area contributed by atoms with Gasteiger partial charge in [0.1, 0.15) is 12.1 Å². The number of hydrogen-bond acceptors (Lipinski definition) is 6. The van der Waals surface area contributed by atoms with Gasteiger partial charge in [0.25, 0.3) is 0 Å². The van der Waals surface area contributed by atoms with E-state index in [1.165, 1.54) is 11.8 Å². The fourth-order valence-electron chi connectivity index (χ4n) is 3.21. The molecule has 0 saturated carbocycles. The van der Waals surface area contributed by atoms with E-state index in [0.29, 0.717) is 24.5 Å². The Labute approximate surface area is 201 Å². The van der Waals surface area contributed by atoms with Crippen LogP contribution in [0.5, 0.6) is 0 Å². The average molecular weight is 484 g/mol. The molecule has 0 aliphatic carbocycles. The predicted octanol–water partition coefficient (Wildman–Crippen LogP) is 2.36. The van der Waals surface area contributed by atoms with Gasteiger partial charge in [-0.25, -0.2) is 4.79 Å². The van der Waals surface area contributed by atoms with Crippen LogP contribution in [0.15, 0.2) is 30.3 Å². The van der Waals surface area contributed by atoms with Gasteiger partial charge < -0.3 is 21.1 Å². The molecule has 0 bridgehead atoms. The quantitative estimate of drug-likeness (QED) is 0.183. The average Bonchev–Trinajstić information content (AvgIpc) is 2.78. The third-order valence-corrected chi connectivity index (χ3v) is 6.30. The molecule has 1 unspecified atom stereocenters. The van der Waals surface area contributed by atoms with Crippen LogP contribution in [0.4, 0.5) is 0 Å². The first-order valence-electron chi connectivity index (χ1n) is 11.0. The van der Waals surface area contributed by atoms with E-state index in [-0.39, 0.29) is 18.2 Å². The second-order valence-corrected chi connectivity index (χ2v) is 9.26. The number of carboxylic acids is 1. The van der Waals surface area contributed by atoms with E-state index in [0.717, 1.165) is 18.4 Å². The molecule has 0 radical (unpaired) electrons. The molecule has 0 spiro atoms. The fourth-order valence-corrected chi connectivity index (χ4v) is 3.84. The Morgan fingerprint density at radius 1 is 1.09 bits per heavy atom. The molecule has 0 saturated heterocycles. The number of benzene rings is 1. The molecule has 1 aromatic rings. The number of aliphatic carboxylic acids is 1. The maximum atomic E-state index is 13.1. The lowest BCUT2D eigenvalue weighted by atomic mass is 9.97. The molecule has 0 fully saturated rings. The normalized spacial score (nSPS) is 14.8. The molecule has 4 atom stereocenters. The lowest BCUT2D eigenvalue weighted by Crippen LogP contribution is -2.57. The minimum Gasteiger partial charge on any atom is -0.480 e. The van der Waals surface area contributed by atoms with Gasteiger partial charge in [-0.2, -0.15) is 24.4 Å². The first kappa shape index (κ1) is 28.3. The van der Waals surface area contributed by atoms with Crippen LogP contribution < -0.4 is 16.0 Å². The largest absolute Gasteiger partial charge is 0.480 e. The van der Waals surface area contributed by atoms with Crippen LogP contribution in [0, 0.1) is 5.92 Å². The van der Waals surface area contributed by atoms with Gasteiger partial charge in [0.05, 0.1) is 6.04 Å². The second kappa shape index (κ2) is 16.0. The maximum Gasteiger partial charge on any atom is 0.326 e. The smallest absolute Gasteiger partial charge is 0.326 e. The number of hydrogen-bond donors (Lipinski definition) is 5. The topological polar surface area (TPSA) is 108 Å². The molecule has 1 rings (SSSR count). The van der Waals surface area contributed by atoms with Gasteiger partial charge in [0.2, 0.25) is 11.8 Å². The number of thioether (sulfide) groups is 1. The van der Waals surface area contributed by atoms with E-state index in [4.69, 9.17) is 0 Å². The van der Waals surface area contributed by atoms with Crippen LogP contribution in [-0.4, -0.2) is 65.3 Å². The monoisotopic (exact) mass is 483 g/mol. The summed E-state index contributed by atoms with van der Waals surface area (Å²) in [5.41, 5.74) is 0.882. The highest BCUT2D eigenvalue weighted by molar-refractivity contribution is 7.98. The van der Waals surface area contributed by atoms with E-state index in [1.807, 2.05) is 50.4 Å². The summed E-state index contributed by atoms with van der Waals surface area (Å²) in [6.45, 7) is 4.66. The zero-order valence-electron chi connectivity index (χ0n) is 19.2. The Hall–Kier alpha value is -1.71. The Morgan fingerprint density at radius 3 is 2.31 bits per heavy atom. The molecule has 7 nitrogen and oxygen atoms in total. The molecule has 180 valence electrons. The van der Waals surface area contributed by atoms with Crippen molar-refractivity contribution in [3.8, 4) is 0 Å². The molecule has 0 heterocycles. The molecule has 0 aliphatic rings. The van der Waals surface area contributed by atoms with Crippen molar-refractivity contribution in [2.24, 2.45) is 5.92 Å². The van der Waals surface area contributed by atoms with Crippen molar-refractivity contribution >= 4 is 42.2 Å². The van der Waals surface area contributed by atoms with E-state index >= 15 is 0 Å². The van der Waals surface area contributed by atoms with Crippen LogP contribution in [0.25, 0.3) is 0 Å². The number of carbonyl (C=O) groups excluding carboxylic acids is 2. The fraction of sp³-hybridized carbons (Fsp3) is 0.609. The van der Waals surface area contributed by atoms with Crippen molar-refractivity contribution in [3.05, 3.63) is 35.9 Å². The van der Waals surface area contributed by atoms with Crippen LogP contribution in [-0.2, 0) is 20.8 Å². The lowest BCUT2D eigenvalue weighted by molar-refractivity contribution is -0.142. The SMILES string of the molecule is CCC(C)[C@H](NCCCS)C(=O)N[C@@H](Cc1ccccc1)C(=O)N[C@@H](CCSC)C(=O)O. The highest BCUT2D eigenvalue weighted by Gasteiger charge is 2.30. The molecule has 9 heteroatoms. The van der Waals surface area contributed by atoms with Crippen LogP contribution in [0.1, 0.15) is 38.7 Å². The highest BCUT2D eigenvalue weighted by atomic mass is 32.2. The molecule has 0 aliphatic heterocycles. The van der Waals surface area contributed by atoms with Crippen molar-refractivity contribution in [1.82, 2.24) is 16.0 Å². The minimum absolute atomic E-state index is 0.0729. The Kier molecular flexibility index (Phi) is 14.2. The number of nitrogens with one attached hydrogen (secondary N) is 3. The highest BCUT2D eigenvalue weighted by Crippen LogP contribution is 2.11. The van der Waals surface area contributed by atoms with Gasteiger partial charge in [-0.1, -0.05) is 50.6 Å². The van der Waals surface area contributed by atoms with Crippen molar-refractivity contribution in [2.45, 2.75) is 57.7 Å². The van der Waals surface area contributed by atoms with Crippen LogP contribution in [0.3, 0.4) is 0 Å². The van der Waals surface area contributed by atoms with Gasteiger partial charge in [-0.3, -0.25) is 9.59 Å². The van der Waals surface area contributed by atoms with E-state index in [1.54, 1.807) is 0 Å². The first-order valence-corrected chi connectivity index (χ1v) is 13.1. The van der Waals surface area contributed by atoms with Gasteiger partial charge in [-0.15, -0.1) is 0 Å². The molecule has 2 amide bonds. The van der Waals surface area contributed by atoms with Crippen LogP contribution >= 0.6 is 24.4 Å². The minimum atomic E-state index is -1.08. The first-order chi connectivity index (χ1) is 15.3. The zero-order chi connectivity index (χ0) is 23.9. The van der Waals surface area contributed by atoms with Crippen molar-refractivity contribution < 1.29 is 19.5 Å².